The molecule has 1 atom stereocenters. The Morgan fingerprint density at radius 3 is 2.59 bits per heavy atom. The van der Waals surface area contributed by atoms with Crippen LogP contribution in [0.15, 0.2) is 47.6 Å². The highest BCUT2D eigenvalue weighted by atomic mass is 127. The monoisotopic (exact) mass is 554 g/mol. The van der Waals surface area contributed by atoms with Crippen LogP contribution in [0.4, 0.5) is 10.2 Å². The van der Waals surface area contributed by atoms with Gasteiger partial charge in [0.25, 0.3) is 5.91 Å². The van der Waals surface area contributed by atoms with Gasteiger partial charge in [0, 0.05) is 57.6 Å². The largest absolute Gasteiger partial charge is 0.352 e. The summed E-state index contributed by atoms with van der Waals surface area (Å²) in [4.78, 5) is 24.6. The van der Waals surface area contributed by atoms with Crippen molar-refractivity contribution in [2.24, 2.45) is 4.99 Å². The number of carbonyl (C=O) groups is 1. The molecule has 2 aromatic rings. The van der Waals surface area contributed by atoms with Gasteiger partial charge in [-0.2, -0.15) is 0 Å². The number of aliphatic imine (C=N–C) groups is 1. The number of benzene rings is 1. The quantitative estimate of drug-likeness (QED) is 0.313. The van der Waals surface area contributed by atoms with Gasteiger partial charge in [-0.25, -0.2) is 9.37 Å². The zero-order chi connectivity index (χ0) is 22.2. The van der Waals surface area contributed by atoms with Crippen molar-refractivity contribution >= 4 is 41.7 Å². The van der Waals surface area contributed by atoms with E-state index in [0.717, 1.165) is 18.5 Å². The van der Waals surface area contributed by atoms with Crippen molar-refractivity contribution in [2.45, 2.75) is 32.9 Å². The predicted molar refractivity (Wildman–Crippen MR) is 137 cm³/mol. The van der Waals surface area contributed by atoms with Gasteiger partial charge < -0.3 is 20.4 Å². The lowest BCUT2D eigenvalue weighted by Crippen LogP contribution is -2.44. The summed E-state index contributed by atoms with van der Waals surface area (Å²) in [5, 5.41) is 6.71. The normalized spacial score (nSPS) is 15.8. The number of carbonyl (C=O) groups excluding carboxylic acids is 1. The van der Waals surface area contributed by atoms with Gasteiger partial charge in [-0.1, -0.05) is 12.1 Å². The van der Waals surface area contributed by atoms with Crippen LogP contribution in [0.5, 0.6) is 0 Å². The molecule has 1 aromatic heterocycles. The molecule has 3 rings (SSSR count). The molecule has 0 saturated carbocycles. The van der Waals surface area contributed by atoms with Gasteiger partial charge in [0.2, 0.25) is 0 Å². The molecular formula is C23H32FIN6O. The van der Waals surface area contributed by atoms with Crippen LogP contribution in [-0.4, -0.2) is 61.0 Å². The molecule has 2 heterocycles. The summed E-state index contributed by atoms with van der Waals surface area (Å²) in [5.41, 5.74) is 1.76. The number of rotatable bonds is 7. The van der Waals surface area contributed by atoms with Crippen LogP contribution in [-0.2, 0) is 6.54 Å². The topological polar surface area (TPSA) is 72.9 Å². The van der Waals surface area contributed by atoms with E-state index in [9.17, 15) is 9.18 Å². The second kappa shape index (κ2) is 12.6. The van der Waals surface area contributed by atoms with E-state index in [1.807, 2.05) is 43.0 Å². The number of halogens is 2. The first-order valence-corrected chi connectivity index (χ1v) is 10.8. The van der Waals surface area contributed by atoms with Crippen LogP contribution >= 0.6 is 24.0 Å². The Hall–Kier alpha value is -2.43. The molecule has 1 fully saturated rings. The van der Waals surface area contributed by atoms with E-state index in [-0.39, 0.29) is 41.7 Å². The standard InChI is InChI=1S/C23H31FN6O.HI/c1-4-29(5-2)22(31)18-10-8-17(9-11-18)15-27-23(25-3)28-19-12-14-30(16-19)21-20(24)7-6-13-26-21;/h6-11,13,19H,4-5,12,14-16H2,1-3H3,(H2,25,27,28);1H. The van der Waals surface area contributed by atoms with Crippen molar-refractivity contribution in [3.8, 4) is 0 Å². The first-order chi connectivity index (χ1) is 15.0. The Morgan fingerprint density at radius 2 is 1.97 bits per heavy atom. The van der Waals surface area contributed by atoms with Crippen molar-refractivity contribution in [1.29, 1.82) is 0 Å². The highest BCUT2D eigenvalue weighted by Crippen LogP contribution is 2.20. The van der Waals surface area contributed by atoms with Crippen molar-refractivity contribution in [3.63, 3.8) is 0 Å². The van der Waals surface area contributed by atoms with Crippen LogP contribution in [0.2, 0.25) is 0 Å². The molecule has 1 unspecified atom stereocenters. The number of anilines is 1. The Labute approximate surface area is 206 Å². The maximum Gasteiger partial charge on any atom is 0.253 e. The Morgan fingerprint density at radius 1 is 1.25 bits per heavy atom. The number of hydrogen-bond donors (Lipinski definition) is 2. The summed E-state index contributed by atoms with van der Waals surface area (Å²) in [6.45, 7) is 7.36. The second-order valence-electron chi connectivity index (χ2n) is 7.48. The summed E-state index contributed by atoms with van der Waals surface area (Å²) in [7, 11) is 1.73. The van der Waals surface area contributed by atoms with Crippen LogP contribution in [0.1, 0.15) is 36.2 Å². The second-order valence-corrected chi connectivity index (χ2v) is 7.48. The maximum atomic E-state index is 14.0. The lowest BCUT2D eigenvalue weighted by molar-refractivity contribution is 0.0773. The van der Waals surface area contributed by atoms with E-state index in [2.05, 4.69) is 20.6 Å². The molecule has 0 aliphatic carbocycles. The summed E-state index contributed by atoms with van der Waals surface area (Å²) in [6.07, 6.45) is 2.49. The third kappa shape index (κ3) is 6.54. The molecule has 1 aliphatic rings. The first-order valence-electron chi connectivity index (χ1n) is 10.8. The summed E-state index contributed by atoms with van der Waals surface area (Å²) in [5.74, 6) is 0.844. The lowest BCUT2D eigenvalue weighted by Gasteiger charge is -2.20. The van der Waals surface area contributed by atoms with Crippen LogP contribution in [0.25, 0.3) is 0 Å². The van der Waals surface area contributed by atoms with E-state index in [0.29, 0.717) is 43.5 Å². The van der Waals surface area contributed by atoms with Gasteiger partial charge in [0.1, 0.15) is 0 Å². The van der Waals surface area contributed by atoms with Crippen LogP contribution in [0.3, 0.4) is 0 Å². The molecule has 9 heteroatoms. The molecule has 2 N–H and O–H groups in total. The molecule has 1 saturated heterocycles. The van der Waals surface area contributed by atoms with Gasteiger partial charge >= 0.3 is 0 Å². The third-order valence-corrected chi connectivity index (χ3v) is 5.50. The molecular weight excluding hydrogens is 522 g/mol. The van der Waals surface area contributed by atoms with Crippen molar-refractivity contribution in [3.05, 3.63) is 59.5 Å². The number of guanidine groups is 1. The Bertz CT molecular complexity index is 904. The van der Waals surface area contributed by atoms with Gasteiger partial charge in [-0.15, -0.1) is 24.0 Å². The average Bonchev–Trinajstić information content (AvgIpc) is 3.26. The molecule has 7 nitrogen and oxygen atoms in total. The van der Waals surface area contributed by atoms with E-state index < -0.39 is 0 Å². The maximum absolute atomic E-state index is 14.0. The zero-order valence-electron chi connectivity index (χ0n) is 18.8. The Balaban J connectivity index is 0.00000363. The van der Waals surface area contributed by atoms with Crippen molar-refractivity contribution < 1.29 is 9.18 Å². The molecule has 32 heavy (non-hydrogen) atoms. The van der Waals surface area contributed by atoms with E-state index in [4.69, 9.17) is 0 Å². The molecule has 0 radical (unpaired) electrons. The number of nitrogens with one attached hydrogen (secondary N) is 2. The SMILES string of the molecule is CCN(CC)C(=O)c1ccc(CNC(=NC)NC2CCN(c3ncccc3F)C2)cc1.I. The van der Waals surface area contributed by atoms with Gasteiger partial charge in [-0.3, -0.25) is 9.79 Å². The van der Waals surface area contributed by atoms with Crippen LogP contribution < -0.4 is 15.5 Å². The lowest BCUT2D eigenvalue weighted by atomic mass is 10.1. The van der Waals surface area contributed by atoms with E-state index in [1.165, 1.54) is 6.07 Å². The number of nitrogens with zero attached hydrogens (tertiary/aromatic N) is 4. The highest BCUT2D eigenvalue weighted by molar-refractivity contribution is 14.0. The fraction of sp³-hybridized carbons (Fsp3) is 0.435. The zero-order valence-corrected chi connectivity index (χ0v) is 21.2. The number of pyridine rings is 1. The average molecular weight is 554 g/mol. The molecule has 0 bridgehead atoms. The van der Waals surface area contributed by atoms with Crippen molar-refractivity contribution in [1.82, 2.24) is 20.5 Å². The third-order valence-electron chi connectivity index (χ3n) is 5.50. The van der Waals surface area contributed by atoms with Gasteiger partial charge in [0.15, 0.2) is 17.6 Å². The smallest absolute Gasteiger partial charge is 0.253 e. The highest BCUT2D eigenvalue weighted by Gasteiger charge is 2.25. The number of hydrogen-bond acceptors (Lipinski definition) is 4. The fourth-order valence-corrected chi connectivity index (χ4v) is 3.71. The molecule has 1 aromatic carbocycles. The molecule has 1 amide bonds. The molecule has 0 spiro atoms. The minimum absolute atomic E-state index is 0. The minimum atomic E-state index is -0.298. The summed E-state index contributed by atoms with van der Waals surface area (Å²) in [6, 6.07) is 10.8. The molecule has 174 valence electrons. The minimum Gasteiger partial charge on any atom is -0.352 e. The van der Waals surface area contributed by atoms with Gasteiger partial charge in [-0.05, 0) is 50.1 Å². The first kappa shape index (κ1) is 25.8. The van der Waals surface area contributed by atoms with Crippen molar-refractivity contribution in [2.75, 3.05) is 38.1 Å². The van der Waals surface area contributed by atoms with E-state index >= 15 is 0 Å². The van der Waals surface area contributed by atoms with Gasteiger partial charge in [0.05, 0.1) is 0 Å². The number of amides is 1. The summed E-state index contributed by atoms with van der Waals surface area (Å²) >= 11 is 0. The summed E-state index contributed by atoms with van der Waals surface area (Å²) < 4.78 is 14.0. The Kier molecular flexibility index (Phi) is 10.1. The van der Waals surface area contributed by atoms with Crippen LogP contribution in [0, 0.1) is 5.82 Å². The number of aromatic nitrogens is 1. The predicted octanol–water partition coefficient (Wildman–Crippen LogP) is 3.26. The van der Waals surface area contributed by atoms with E-state index in [1.54, 1.807) is 24.2 Å². The fourth-order valence-electron chi connectivity index (χ4n) is 3.71. The molecule has 1 aliphatic heterocycles.